The van der Waals surface area contributed by atoms with Crippen LogP contribution in [0, 0.1) is 0 Å². The minimum Gasteiger partial charge on any atom is -0.366 e. The summed E-state index contributed by atoms with van der Waals surface area (Å²) in [5.74, 6) is -0.447. The van der Waals surface area contributed by atoms with Crippen molar-refractivity contribution < 1.29 is 4.79 Å². The summed E-state index contributed by atoms with van der Waals surface area (Å²) in [4.78, 5) is 11.4. The number of fused-ring (bicyclic) bond motifs is 1. The summed E-state index contributed by atoms with van der Waals surface area (Å²) in [5, 5.41) is 8.20. The number of carbonyl (C=O) groups is 1. The number of aromatic nitrogens is 2. The van der Waals surface area contributed by atoms with Gasteiger partial charge in [-0.05, 0) is 12.1 Å². The maximum atomic E-state index is 11.4. The number of rotatable bonds is 2. The molecule has 3 aromatic rings. The molecule has 4 nitrogen and oxygen atoms in total. The van der Waals surface area contributed by atoms with Gasteiger partial charge in [0, 0.05) is 16.5 Å². The van der Waals surface area contributed by atoms with Gasteiger partial charge in [-0.1, -0.05) is 36.4 Å². The lowest BCUT2D eigenvalue weighted by atomic mass is 10.0. The van der Waals surface area contributed by atoms with Crippen molar-refractivity contribution in [3.63, 3.8) is 0 Å². The van der Waals surface area contributed by atoms with Crippen molar-refractivity contribution in [3.05, 3.63) is 54.1 Å². The fourth-order valence-corrected chi connectivity index (χ4v) is 2.07. The number of primary amides is 1. The molecule has 0 atom stereocenters. The summed E-state index contributed by atoms with van der Waals surface area (Å²) in [5.41, 5.74) is 8.31. The maximum Gasteiger partial charge on any atom is 0.249 e. The highest BCUT2D eigenvalue weighted by molar-refractivity contribution is 6.03. The van der Waals surface area contributed by atoms with Gasteiger partial charge in [-0.3, -0.25) is 9.89 Å². The van der Waals surface area contributed by atoms with Crippen LogP contribution in [0.25, 0.3) is 22.2 Å². The second kappa shape index (κ2) is 4.00. The molecule has 18 heavy (non-hydrogen) atoms. The van der Waals surface area contributed by atoms with Crippen molar-refractivity contribution in [1.82, 2.24) is 10.2 Å². The Morgan fingerprint density at radius 2 is 1.78 bits per heavy atom. The zero-order valence-electron chi connectivity index (χ0n) is 9.55. The first kappa shape index (κ1) is 10.5. The number of hydrogen-bond donors (Lipinski definition) is 2. The molecule has 0 aliphatic carbocycles. The fraction of sp³-hybridized carbons (Fsp3) is 0. The average Bonchev–Trinajstić information content (AvgIpc) is 2.82. The van der Waals surface area contributed by atoms with E-state index in [4.69, 9.17) is 5.73 Å². The topological polar surface area (TPSA) is 71.8 Å². The van der Waals surface area contributed by atoms with E-state index < -0.39 is 5.91 Å². The molecule has 2 aromatic carbocycles. The molecular formula is C14H11N3O. The number of carbonyl (C=O) groups excluding carboxylic acids is 1. The molecule has 0 fully saturated rings. The van der Waals surface area contributed by atoms with Gasteiger partial charge >= 0.3 is 0 Å². The highest BCUT2D eigenvalue weighted by atomic mass is 16.1. The van der Waals surface area contributed by atoms with Gasteiger partial charge in [-0.2, -0.15) is 5.10 Å². The van der Waals surface area contributed by atoms with E-state index in [1.165, 1.54) is 0 Å². The van der Waals surface area contributed by atoms with Crippen molar-refractivity contribution in [1.29, 1.82) is 0 Å². The molecular weight excluding hydrogens is 226 g/mol. The van der Waals surface area contributed by atoms with Gasteiger partial charge in [0.05, 0.1) is 5.52 Å². The smallest absolute Gasteiger partial charge is 0.249 e. The second-order valence-electron chi connectivity index (χ2n) is 4.03. The zero-order chi connectivity index (χ0) is 12.5. The first-order valence-electron chi connectivity index (χ1n) is 5.59. The maximum absolute atomic E-state index is 11.4. The molecule has 0 radical (unpaired) electrons. The summed E-state index contributed by atoms with van der Waals surface area (Å²) in [6.07, 6.45) is 0. The number of nitrogens with two attached hydrogens (primary N) is 1. The van der Waals surface area contributed by atoms with E-state index in [0.717, 1.165) is 22.2 Å². The minimum atomic E-state index is -0.447. The molecule has 4 heteroatoms. The Kier molecular flexibility index (Phi) is 2.34. The van der Waals surface area contributed by atoms with Crippen LogP contribution in [0.2, 0.25) is 0 Å². The number of para-hydroxylation sites is 1. The number of nitrogens with one attached hydrogen (secondary N) is 1. The van der Waals surface area contributed by atoms with Gasteiger partial charge in [-0.25, -0.2) is 0 Å². The van der Waals surface area contributed by atoms with Crippen LogP contribution in [0.1, 0.15) is 10.4 Å². The molecule has 0 unspecified atom stereocenters. The van der Waals surface area contributed by atoms with E-state index in [-0.39, 0.29) is 0 Å². The van der Waals surface area contributed by atoms with Crippen molar-refractivity contribution in [2.24, 2.45) is 5.73 Å². The first-order chi connectivity index (χ1) is 8.77. The standard InChI is InChI=1S/C14H11N3O/c15-14(18)10-6-2-1-5-9(10)13-11-7-3-4-8-12(11)16-17-13/h1-8H,(H2,15,18)(H,16,17). The normalized spacial score (nSPS) is 10.7. The number of nitrogens with zero attached hydrogens (tertiary/aromatic N) is 1. The molecule has 1 amide bonds. The second-order valence-corrected chi connectivity index (χ2v) is 4.03. The third kappa shape index (κ3) is 1.55. The highest BCUT2D eigenvalue weighted by Crippen LogP contribution is 2.28. The van der Waals surface area contributed by atoms with Crippen molar-refractivity contribution in [2.75, 3.05) is 0 Å². The van der Waals surface area contributed by atoms with E-state index in [0.29, 0.717) is 5.56 Å². The lowest BCUT2D eigenvalue weighted by Gasteiger charge is -2.03. The molecule has 1 heterocycles. The van der Waals surface area contributed by atoms with Gasteiger partial charge in [-0.15, -0.1) is 0 Å². The number of benzene rings is 2. The lowest BCUT2D eigenvalue weighted by Crippen LogP contribution is -2.12. The molecule has 0 saturated carbocycles. The Balaban J connectivity index is 2.30. The summed E-state index contributed by atoms with van der Waals surface area (Å²) in [6, 6.07) is 15.0. The van der Waals surface area contributed by atoms with Crippen LogP contribution >= 0.6 is 0 Å². The van der Waals surface area contributed by atoms with Crippen LogP contribution in [0.3, 0.4) is 0 Å². The molecule has 0 spiro atoms. The summed E-state index contributed by atoms with van der Waals surface area (Å²) < 4.78 is 0. The summed E-state index contributed by atoms with van der Waals surface area (Å²) in [7, 11) is 0. The highest BCUT2D eigenvalue weighted by Gasteiger charge is 2.13. The predicted molar refractivity (Wildman–Crippen MR) is 70.0 cm³/mol. The molecule has 0 aliphatic rings. The Morgan fingerprint density at radius 1 is 1.06 bits per heavy atom. The Labute approximate surface area is 103 Å². The largest absolute Gasteiger partial charge is 0.366 e. The van der Waals surface area contributed by atoms with Crippen LogP contribution in [0.4, 0.5) is 0 Å². The first-order valence-corrected chi connectivity index (χ1v) is 5.59. The Bertz CT molecular complexity index is 730. The monoisotopic (exact) mass is 237 g/mol. The Morgan fingerprint density at radius 3 is 2.61 bits per heavy atom. The van der Waals surface area contributed by atoms with Gasteiger partial charge in [0.2, 0.25) is 5.91 Å². The molecule has 0 aliphatic heterocycles. The molecule has 0 saturated heterocycles. The van der Waals surface area contributed by atoms with Crippen LogP contribution in [-0.2, 0) is 0 Å². The zero-order valence-corrected chi connectivity index (χ0v) is 9.55. The number of amides is 1. The van der Waals surface area contributed by atoms with E-state index >= 15 is 0 Å². The third-order valence-corrected chi connectivity index (χ3v) is 2.92. The van der Waals surface area contributed by atoms with Crippen molar-refractivity contribution in [2.45, 2.75) is 0 Å². The van der Waals surface area contributed by atoms with Crippen LogP contribution in [-0.4, -0.2) is 16.1 Å². The average molecular weight is 237 g/mol. The fourth-order valence-electron chi connectivity index (χ4n) is 2.07. The molecule has 0 bridgehead atoms. The van der Waals surface area contributed by atoms with Crippen LogP contribution in [0.5, 0.6) is 0 Å². The van der Waals surface area contributed by atoms with E-state index in [1.807, 2.05) is 36.4 Å². The van der Waals surface area contributed by atoms with Crippen LogP contribution < -0.4 is 5.73 Å². The Hall–Kier alpha value is -2.62. The molecule has 3 N–H and O–H groups in total. The van der Waals surface area contributed by atoms with Gasteiger partial charge in [0.15, 0.2) is 0 Å². The van der Waals surface area contributed by atoms with Crippen molar-refractivity contribution >= 4 is 16.8 Å². The van der Waals surface area contributed by atoms with E-state index in [9.17, 15) is 4.79 Å². The number of hydrogen-bond acceptors (Lipinski definition) is 2. The van der Waals surface area contributed by atoms with Gasteiger partial charge in [0.1, 0.15) is 5.69 Å². The van der Waals surface area contributed by atoms with Crippen molar-refractivity contribution in [3.8, 4) is 11.3 Å². The van der Waals surface area contributed by atoms with E-state index in [1.54, 1.807) is 12.1 Å². The van der Waals surface area contributed by atoms with Gasteiger partial charge < -0.3 is 5.73 Å². The molecule has 88 valence electrons. The van der Waals surface area contributed by atoms with E-state index in [2.05, 4.69) is 10.2 Å². The lowest BCUT2D eigenvalue weighted by molar-refractivity contribution is 0.100. The SMILES string of the molecule is NC(=O)c1ccccc1-c1n[nH]c2ccccc12. The molecule has 3 rings (SSSR count). The molecule has 1 aromatic heterocycles. The summed E-state index contributed by atoms with van der Waals surface area (Å²) in [6.45, 7) is 0. The third-order valence-electron chi connectivity index (χ3n) is 2.92. The van der Waals surface area contributed by atoms with Crippen LogP contribution in [0.15, 0.2) is 48.5 Å². The van der Waals surface area contributed by atoms with Gasteiger partial charge in [0.25, 0.3) is 0 Å². The summed E-state index contributed by atoms with van der Waals surface area (Å²) >= 11 is 0. The minimum absolute atomic E-state index is 0.447. The number of H-pyrrole nitrogens is 1. The number of aromatic amines is 1. The predicted octanol–water partition coefficient (Wildman–Crippen LogP) is 2.33. The quantitative estimate of drug-likeness (QED) is 0.718.